The molecule has 0 atom stereocenters. The van der Waals surface area contributed by atoms with Crippen molar-refractivity contribution in [2.75, 3.05) is 6.54 Å². The van der Waals surface area contributed by atoms with Crippen LogP contribution >= 0.6 is 0 Å². The minimum Gasteiger partial charge on any atom is -0.327 e. The van der Waals surface area contributed by atoms with Crippen LogP contribution in [0.25, 0.3) is 0 Å². The second kappa shape index (κ2) is 5.71. The van der Waals surface area contributed by atoms with Crippen molar-refractivity contribution in [3.63, 3.8) is 0 Å². The number of nitrogens with one attached hydrogen (secondary N) is 1. The second-order valence-corrected chi connectivity index (χ2v) is 4.22. The van der Waals surface area contributed by atoms with Crippen LogP contribution < -0.4 is 5.32 Å². The quantitative estimate of drug-likeness (QED) is 0.724. The number of aromatic nitrogens is 2. The number of allylic oxidation sites excluding steroid dienone is 1. The molecule has 1 heterocycles. The molecule has 84 valence electrons. The van der Waals surface area contributed by atoms with Crippen molar-refractivity contribution in [1.29, 1.82) is 0 Å². The van der Waals surface area contributed by atoms with Gasteiger partial charge in [-0.3, -0.25) is 0 Å². The fourth-order valence-corrected chi connectivity index (χ4v) is 1.52. The molecule has 0 saturated carbocycles. The Morgan fingerprint density at radius 1 is 1.60 bits per heavy atom. The van der Waals surface area contributed by atoms with E-state index < -0.39 is 0 Å². The summed E-state index contributed by atoms with van der Waals surface area (Å²) in [6.45, 7) is 13.0. The molecule has 0 aliphatic rings. The molecule has 1 N–H and O–H groups in total. The van der Waals surface area contributed by atoms with Crippen molar-refractivity contribution < 1.29 is 0 Å². The van der Waals surface area contributed by atoms with Gasteiger partial charge in [0.2, 0.25) is 0 Å². The number of imidazole rings is 1. The summed E-state index contributed by atoms with van der Waals surface area (Å²) in [4.78, 5) is 4.31. The molecule has 0 aliphatic carbocycles. The maximum atomic E-state index is 4.31. The van der Waals surface area contributed by atoms with Gasteiger partial charge in [0.05, 0.1) is 5.69 Å². The summed E-state index contributed by atoms with van der Waals surface area (Å²) < 4.78 is 2.18. The summed E-state index contributed by atoms with van der Waals surface area (Å²) in [5, 5.41) is 3.42. The van der Waals surface area contributed by atoms with Gasteiger partial charge in [0.1, 0.15) is 5.82 Å². The van der Waals surface area contributed by atoms with E-state index in [9.17, 15) is 0 Å². The van der Waals surface area contributed by atoms with Gasteiger partial charge in [-0.05, 0) is 19.4 Å². The molecule has 1 aromatic rings. The van der Waals surface area contributed by atoms with Crippen molar-refractivity contribution in [3.05, 3.63) is 30.4 Å². The fourth-order valence-electron chi connectivity index (χ4n) is 1.52. The van der Waals surface area contributed by atoms with E-state index in [0.717, 1.165) is 25.5 Å². The van der Waals surface area contributed by atoms with E-state index >= 15 is 0 Å². The molecule has 3 nitrogen and oxygen atoms in total. The Morgan fingerprint density at radius 2 is 2.33 bits per heavy atom. The maximum Gasteiger partial charge on any atom is 0.106 e. The highest BCUT2D eigenvalue weighted by atomic mass is 15.1. The largest absolute Gasteiger partial charge is 0.327 e. The van der Waals surface area contributed by atoms with E-state index in [1.54, 1.807) is 0 Å². The fraction of sp³-hybridized carbons (Fsp3) is 0.583. The summed E-state index contributed by atoms with van der Waals surface area (Å²) in [5.74, 6) is 1.73. The zero-order chi connectivity index (χ0) is 11.3. The van der Waals surface area contributed by atoms with Crippen LogP contribution in [0.5, 0.6) is 0 Å². The lowest BCUT2D eigenvalue weighted by molar-refractivity contribution is 0.538. The Morgan fingerprint density at radius 3 is 2.93 bits per heavy atom. The molecule has 1 rings (SSSR count). The van der Waals surface area contributed by atoms with Gasteiger partial charge >= 0.3 is 0 Å². The van der Waals surface area contributed by atoms with E-state index in [0.29, 0.717) is 5.92 Å². The van der Waals surface area contributed by atoms with Gasteiger partial charge < -0.3 is 9.88 Å². The van der Waals surface area contributed by atoms with Gasteiger partial charge in [-0.1, -0.05) is 19.9 Å². The van der Waals surface area contributed by atoms with E-state index in [2.05, 4.69) is 35.3 Å². The predicted molar refractivity (Wildman–Crippen MR) is 63.7 cm³/mol. The second-order valence-electron chi connectivity index (χ2n) is 4.22. The van der Waals surface area contributed by atoms with Crippen LogP contribution in [0, 0.1) is 12.8 Å². The lowest BCUT2D eigenvalue weighted by atomic mass is 10.2. The third kappa shape index (κ3) is 3.51. The molecule has 15 heavy (non-hydrogen) atoms. The molecule has 3 heteroatoms. The Hall–Kier alpha value is -1.09. The van der Waals surface area contributed by atoms with Gasteiger partial charge in [-0.2, -0.15) is 0 Å². The third-order valence-electron chi connectivity index (χ3n) is 2.31. The lowest BCUT2D eigenvalue weighted by Crippen LogP contribution is -2.21. The van der Waals surface area contributed by atoms with Crippen LogP contribution in [-0.2, 0) is 13.1 Å². The summed E-state index contributed by atoms with van der Waals surface area (Å²) in [6, 6.07) is 0. The van der Waals surface area contributed by atoms with Crippen LogP contribution in [0.4, 0.5) is 0 Å². The Kier molecular flexibility index (Phi) is 4.56. The van der Waals surface area contributed by atoms with Crippen LogP contribution in [0.1, 0.15) is 25.4 Å². The first kappa shape index (κ1) is 12.0. The third-order valence-corrected chi connectivity index (χ3v) is 2.31. The number of hydrogen-bond acceptors (Lipinski definition) is 2. The molecule has 0 bridgehead atoms. The highest BCUT2D eigenvalue weighted by Crippen LogP contribution is 2.04. The average Bonchev–Trinajstić information content (AvgIpc) is 2.50. The molecule has 0 aliphatic heterocycles. The van der Waals surface area contributed by atoms with Crippen LogP contribution in [-0.4, -0.2) is 16.1 Å². The first-order chi connectivity index (χ1) is 7.15. The molecule has 0 fully saturated rings. The van der Waals surface area contributed by atoms with E-state index in [1.807, 2.05) is 19.2 Å². The van der Waals surface area contributed by atoms with Gasteiger partial charge in [0.25, 0.3) is 0 Å². The maximum absolute atomic E-state index is 4.31. The zero-order valence-electron chi connectivity index (χ0n) is 9.95. The highest BCUT2D eigenvalue weighted by Gasteiger charge is 2.04. The summed E-state index contributed by atoms with van der Waals surface area (Å²) >= 11 is 0. The lowest BCUT2D eigenvalue weighted by Gasteiger charge is -2.10. The van der Waals surface area contributed by atoms with Crippen molar-refractivity contribution >= 4 is 0 Å². The number of rotatable bonds is 6. The van der Waals surface area contributed by atoms with Gasteiger partial charge in [-0.25, -0.2) is 4.98 Å². The first-order valence-electron chi connectivity index (χ1n) is 5.47. The molecule has 0 spiro atoms. The van der Waals surface area contributed by atoms with Gasteiger partial charge in [-0.15, -0.1) is 6.58 Å². The zero-order valence-corrected chi connectivity index (χ0v) is 9.95. The smallest absolute Gasteiger partial charge is 0.106 e. The van der Waals surface area contributed by atoms with Crippen molar-refractivity contribution in [2.24, 2.45) is 5.92 Å². The van der Waals surface area contributed by atoms with E-state index in [1.165, 1.54) is 5.69 Å². The minimum absolute atomic E-state index is 0.682. The Balaban J connectivity index is 2.56. The molecule has 0 saturated heterocycles. The SMILES string of the molecule is C=CCn1c(CNCC(C)C)cnc1C. The highest BCUT2D eigenvalue weighted by molar-refractivity contribution is 5.05. The molecular weight excluding hydrogens is 186 g/mol. The van der Waals surface area contributed by atoms with Crippen molar-refractivity contribution in [2.45, 2.75) is 33.9 Å². The van der Waals surface area contributed by atoms with Crippen LogP contribution in [0.3, 0.4) is 0 Å². The minimum atomic E-state index is 0.682. The topological polar surface area (TPSA) is 29.9 Å². The number of hydrogen-bond donors (Lipinski definition) is 1. The normalized spacial score (nSPS) is 10.9. The standard InChI is InChI=1S/C12H21N3/c1-5-6-15-11(4)14-9-12(15)8-13-7-10(2)3/h5,9-10,13H,1,6-8H2,2-4H3. The molecule has 0 amide bonds. The Bertz CT molecular complexity index is 313. The predicted octanol–water partition coefficient (Wildman–Crippen LogP) is 2.12. The molecule has 0 aromatic carbocycles. The summed E-state index contributed by atoms with van der Waals surface area (Å²) in [6.07, 6.45) is 3.84. The summed E-state index contributed by atoms with van der Waals surface area (Å²) in [5.41, 5.74) is 1.23. The van der Waals surface area contributed by atoms with E-state index in [4.69, 9.17) is 0 Å². The van der Waals surface area contributed by atoms with Crippen LogP contribution in [0.2, 0.25) is 0 Å². The number of nitrogens with zero attached hydrogens (tertiary/aromatic N) is 2. The van der Waals surface area contributed by atoms with Crippen molar-refractivity contribution in [3.8, 4) is 0 Å². The molecular formula is C12H21N3. The number of aryl methyl sites for hydroxylation is 1. The molecule has 0 radical (unpaired) electrons. The molecule has 0 unspecified atom stereocenters. The average molecular weight is 207 g/mol. The first-order valence-corrected chi connectivity index (χ1v) is 5.47. The van der Waals surface area contributed by atoms with Gasteiger partial charge in [0, 0.05) is 19.3 Å². The van der Waals surface area contributed by atoms with Gasteiger partial charge in [0.15, 0.2) is 0 Å². The summed E-state index contributed by atoms with van der Waals surface area (Å²) in [7, 11) is 0. The monoisotopic (exact) mass is 207 g/mol. The van der Waals surface area contributed by atoms with Crippen LogP contribution in [0.15, 0.2) is 18.9 Å². The van der Waals surface area contributed by atoms with E-state index in [-0.39, 0.29) is 0 Å². The van der Waals surface area contributed by atoms with Crippen molar-refractivity contribution in [1.82, 2.24) is 14.9 Å². The molecule has 1 aromatic heterocycles. The Labute approximate surface area is 92.2 Å².